The molecular formula is C15H24N4O. The van der Waals surface area contributed by atoms with E-state index < -0.39 is 0 Å². The molecule has 0 spiro atoms. The number of aromatic nitrogens is 1. The van der Waals surface area contributed by atoms with Gasteiger partial charge in [0.2, 0.25) is 5.91 Å². The van der Waals surface area contributed by atoms with Gasteiger partial charge in [-0.25, -0.2) is 4.98 Å². The molecule has 20 heavy (non-hydrogen) atoms. The molecule has 1 aromatic rings. The van der Waals surface area contributed by atoms with Crippen LogP contribution in [0.3, 0.4) is 0 Å². The first-order chi connectivity index (χ1) is 9.58. The highest BCUT2D eigenvalue weighted by atomic mass is 16.1. The van der Waals surface area contributed by atoms with Gasteiger partial charge in [0.25, 0.3) is 0 Å². The third-order valence-electron chi connectivity index (χ3n) is 3.80. The zero-order valence-corrected chi connectivity index (χ0v) is 12.6. The topological polar surface area (TPSA) is 48.5 Å². The Balaban J connectivity index is 1.84. The van der Waals surface area contributed by atoms with Crippen molar-refractivity contribution in [2.24, 2.45) is 5.92 Å². The molecule has 0 aromatic carbocycles. The summed E-state index contributed by atoms with van der Waals surface area (Å²) in [6, 6.07) is 4.18. The fourth-order valence-corrected chi connectivity index (χ4v) is 2.62. The van der Waals surface area contributed by atoms with Crippen molar-refractivity contribution >= 4 is 11.7 Å². The number of pyridine rings is 1. The molecule has 0 aliphatic carbocycles. The normalized spacial score (nSPS) is 19.1. The molecule has 1 N–H and O–H groups in total. The van der Waals surface area contributed by atoms with E-state index in [0.717, 1.165) is 31.9 Å². The quantitative estimate of drug-likeness (QED) is 0.875. The van der Waals surface area contributed by atoms with Crippen molar-refractivity contribution in [3.05, 3.63) is 23.9 Å². The molecule has 1 aliphatic rings. The summed E-state index contributed by atoms with van der Waals surface area (Å²) in [6.45, 7) is 2.99. The number of carbonyl (C=O) groups is 1. The molecule has 5 heteroatoms. The molecule has 1 aromatic heterocycles. The van der Waals surface area contributed by atoms with Crippen LogP contribution in [-0.4, -0.2) is 50.0 Å². The van der Waals surface area contributed by atoms with Crippen molar-refractivity contribution in [2.45, 2.75) is 19.4 Å². The van der Waals surface area contributed by atoms with Crippen molar-refractivity contribution in [3.8, 4) is 0 Å². The van der Waals surface area contributed by atoms with Crippen LogP contribution in [0.1, 0.15) is 18.4 Å². The highest BCUT2D eigenvalue weighted by Crippen LogP contribution is 2.21. The summed E-state index contributed by atoms with van der Waals surface area (Å²) < 4.78 is 0. The second-order valence-corrected chi connectivity index (χ2v) is 5.69. The van der Waals surface area contributed by atoms with Gasteiger partial charge in [0.1, 0.15) is 5.82 Å². The number of likely N-dealkylation sites (tertiary alicyclic amines) is 1. The molecule has 0 radical (unpaired) electrons. The van der Waals surface area contributed by atoms with Gasteiger partial charge in [0.15, 0.2) is 0 Å². The predicted octanol–water partition coefficient (Wildman–Crippen LogP) is 1.11. The Morgan fingerprint density at radius 1 is 1.50 bits per heavy atom. The van der Waals surface area contributed by atoms with E-state index in [1.165, 1.54) is 5.56 Å². The standard InChI is InChI=1S/C15H24N4O/c1-16-15(20)8-12-6-7-19(10-12)11-13-4-5-14(17-9-13)18(2)3/h4-5,9,12H,6-8,10-11H2,1-3H3,(H,16,20)/t12-/m1/s1. The number of hydrogen-bond acceptors (Lipinski definition) is 4. The number of carbonyl (C=O) groups excluding carboxylic acids is 1. The third-order valence-corrected chi connectivity index (χ3v) is 3.80. The van der Waals surface area contributed by atoms with Gasteiger partial charge in [-0.15, -0.1) is 0 Å². The molecule has 110 valence electrons. The van der Waals surface area contributed by atoms with E-state index in [1.807, 2.05) is 31.3 Å². The molecule has 0 saturated carbocycles. The second-order valence-electron chi connectivity index (χ2n) is 5.69. The summed E-state index contributed by atoms with van der Waals surface area (Å²) in [5, 5.41) is 2.70. The lowest BCUT2D eigenvalue weighted by atomic mass is 10.0. The minimum Gasteiger partial charge on any atom is -0.363 e. The lowest BCUT2D eigenvalue weighted by Crippen LogP contribution is -2.24. The Labute approximate surface area is 121 Å². The van der Waals surface area contributed by atoms with Crippen molar-refractivity contribution in [1.82, 2.24) is 15.2 Å². The summed E-state index contributed by atoms with van der Waals surface area (Å²) in [4.78, 5) is 20.2. The second kappa shape index (κ2) is 6.70. The van der Waals surface area contributed by atoms with Crippen LogP contribution in [0.15, 0.2) is 18.3 Å². The first kappa shape index (κ1) is 14.8. The van der Waals surface area contributed by atoms with Gasteiger partial charge in [-0.2, -0.15) is 0 Å². The van der Waals surface area contributed by atoms with Crippen molar-refractivity contribution in [3.63, 3.8) is 0 Å². The monoisotopic (exact) mass is 276 g/mol. The Bertz CT molecular complexity index is 444. The number of nitrogens with one attached hydrogen (secondary N) is 1. The van der Waals surface area contributed by atoms with E-state index in [1.54, 1.807) is 7.05 Å². The Kier molecular flexibility index (Phi) is 4.95. The van der Waals surface area contributed by atoms with Gasteiger partial charge < -0.3 is 10.2 Å². The maximum Gasteiger partial charge on any atom is 0.220 e. The molecule has 1 atom stereocenters. The Hall–Kier alpha value is -1.62. The van der Waals surface area contributed by atoms with Crippen LogP contribution in [-0.2, 0) is 11.3 Å². The highest BCUT2D eigenvalue weighted by molar-refractivity contribution is 5.75. The summed E-state index contributed by atoms with van der Waals surface area (Å²) in [7, 11) is 5.69. The van der Waals surface area contributed by atoms with Gasteiger partial charge in [-0.05, 0) is 30.5 Å². The number of amides is 1. The lowest BCUT2D eigenvalue weighted by Gasteiger charge is -2.17. The average molecular weight is 276 g/mol. The first-order valence-electron chi connectivity index (χ1n) is 7.13. The van der Waals surface area contributed by atoms with Crippen LogP contribution in [0.25, 0.3) is 0 Å². The number of anilines is 1. The van der Waals surface area contributed by atoms with E-state index in [2.05, 4.69) is 21.3 Å². The molecule has 1 saturated heterocycles. The number of rotatable bonds is 5. The minimum atomic E-state index is 0.147. The third kappa shape index (κ3) is 3.93. The zero-order chi connectivity index (χ0) is 14.5. The predicted molar refractivity (Wildman–Crippen MR) is 80.6 cm³/mol. The maximum atomic E-state index is 11.4. The van der Waals surface area contributed by atoms with Gasteiger partial charge in [-0.1, -0.05) is 6.07 Å². The van der Waals surface area contributed by atoms with Crippen molar-refractivity contribution in [1.29, 1.82) is 0 Å². The molecule has 1 aliphatic heterocycles. The van der Waals surface area contributed by atoms with E-state index in [4.69, 9.17) is 0 Å². The van der Waals surface area contributed by atoms with Crippen LogP contribution in [0.4, 0.5) is 5.82 Å². The van der Waals surface area contributed by atoms with Crippen LogP contribution in [0.2, 0.25) is 0 Å². The molecule has 1 amide bonds. The van der Waals surface area contributed by atoms with Crippen LogP contribution in [0.5, 0.6) is 0 Å². The Morgan fingerprint density at radius 2 is 2.30 bits per heavy atom. The van der Waals surface area contributed by atoms with Gasteiger partial charge in [0.05, 0.1) is 0 Å². The molecule has 2 heterocycles. The summed E-state index contributed by atoms with van der Waals surface area (Å²) in [6.07, 6.45) is 3.70. The van der Waals surface area contributed by atoms with Crippen LogP contribution < -0.4 is 10.2 Å². The smallest absolute Gasteiger partial charge is 0.220 e. The minimum absolute atomic E-state index is 0.147. The summed E-state index contributed by atoms with van der Waals surface area (Å²) in [5.74, 6) is 1.62. The summed E-state index contributed by atoms with van der Waals surface area (Å²) >= 11 is 0. The van der Waals surface area contributed by atoms with E-state index in [0.29, 0.717) is 12.3 Å². The lowest BCUT2D eigenvalue weighted by molar-refractivity contribution is -0.121. The van der Waals surface area contributed by atoms with E-state index >= 15 is 0 Å². The SMILES string of the molecule is CNC(=O)C[C@H]1CCN(Cc2ccc(N(C)C)nc2)C1. The highest BCUT2D eigenvalue weighted by Gasteiger charge is 2.24. The molecule has 2 rings (SSSR count). The number of hydrogen-bond donors (Lipinski definition) is 1. The van der Waals surface area contributed by atoms with Gasteiger partial charge in [-0.3, -0.25) is 9.69 Å². The fourth-order valence-electron chi connectivity index (χ4n) is 2.62. The van der Waals surface area contributed by atoms with Crippen LogP contribution in [0, 0.1) is 5.92 Å². The van der Waals surface area contributed by atoms with Gasteiger partial charge >= 0.3 is 0 Å². The largest absolute Gasteiger partial charge is 0.363 e. The van der Waals surface area contributed by atoms with Gasteiger partial charge in [0, 0.05) is 46.9 Å². The molecule has 1 fully saturated rings. The molecule has 5 nitrogen and oxygen atoms in total. The van der Waals surface area contributed by atoms with Crippen LogP contribution >= 0.6 is 0 Å². The Morgan fingerprint density at radius 3 is 2.90 bits per heavy atom. The first-order valence-corrected chi connectivity index (χ1v) is 7.13. The molecule has 0 bridgehead atoms. The zero-order valence-electron chi connectivity index (χ0n) is 12.6. The molecule has 0 unspecified atom stereocenters. The van der Waals surface area contributed by atoms with E-state index in [9.17, 15) is 4.79 Å². The van der Waals surface area contributed by atoms with E-state index in [-0.39, 0.29) is 5.91 Å². The maximum absolute atomic E-state index is 11.4. The average Bonchev–Trinajstić information content (AvgIpc) is 2.86. The van der Waals surface area contributed by atoms with Crippen molar-refractivity contribution in [2.75, 3.05) is 39.1 Å². The van der Waals surface area contributed by atoms with Crippen molar-refractivity contribution < 1.29 is 4.79 Å². The number of nitrogens with zero attached hydrogens (tertiary/aromatic N) is 3. The molecular weight excluding hydrogens is 252 g/mol. The summed E-state index contributed by atoms with van der Waals surface area (Å²) in [5.41, 5.74) is 1.23. The fraction of sp³-hybridized carbons (Fsp3) is 0.600.